The predicted octanol–water partition coefficient (Wildman–Crippen LogP) is 2.27. The van der Waals surface area contributed by atoms with E-state index in [2.05, 4.69) is 0 Å². The third-order valence-electron chi connectivity index (χ3n) is 2.28. The van der Waals surface area contributed by atoms with Crippen LogP contribution >= 0.6 is 0 Å². The summed E-state index contributed by atoms with van der Waals surface area (Å²) < 4.78 is 5.18. The zero-order valence-electron chi connectivity index (χ0n) is 7.18. The van der Waals surface area contributed by atoms with Crippen LogP contribution in [0.15, 0.2) is 22.3 Å². The molecule has 0 amide bonds. The second-order valence-electron chi connectivity index (χ2n) is 3.15. The molecule has 2 rings (SSSR count). The van der Waals surface area contributed by atoms with Crippen molar-refractivity contribution < 1.29 is 9.21 Å². The number of Topliss-reactive ketones (excluding diaryl/α,β-unsaturated/α-hetero) is 1. The minimum atomic E-state index is 0.0318. The zero-order valence-corrected chi connectivity index (χ0v) is 7.18. The lowest BCUT2D eigenvalue weighted by molar-refractivity contribution is 0.100. The molecule has 12 heavy (non-hydrogen) atoms. The van der Waals surface area contributed by atoms with Crippen molar-refractivity contribution in [2.75, 3.05) is 0 Å². The summed E-state index contributed by atoms with van der Waals surface area (Å²) in [4.78, 5) is 11.5. The van der Waals surface area contributed by atoms with Gasteiger partial charge in [0.05, 0.1) is 6.26 Å². The fourth-order valence-corrected chi connectivity index (χ4v) is 1.44. The lowest BCUT2D eigenvalue weighted by Gasteiger charge is -2.07. The summed E-state index contributed by atoms with van der Waals surface area (Å²) >= 11 is 0. The molecule has 0 spiro atoms. The van der Waals surface area contributed by atoms with Crippen LogP contribution in [0, 0.1) is 6.92 Å². The standard InChI is InChI=1S/C10H10O2/c1-6-3-4-8-7(2)5-12-10(8)9(6)11/h3,5H,4H2,1-2H3. The Morgan fingerprint density at radius 2 is 2.17 bits per heavy atom. The summed E-state index contributed by atoms with van der Waals surface area (Å²) in [7, 11) is 0. The van der Waals surface area contributed by atoms with Crippen LogP contribution < -0.4 is 0 Å². The molecule has 62 valence electrons. The molecule has 0 bridgehead atoms. The Balaban J connectivity index is 2.58. The van der Waals surface area contributed by atoms with Gasteiger partial charge in [0.15, 0.2) is 5.76 Å². The van der Waals surface area contributed by atoms with Gasteiger partial charge in [-0.25, -0.2) is 0 Å². The van der Waals surface area contributed by atoms with Crippen LogP contribution in [0.25, 0.3) is 0 Å². The first-order chi connectivity index (χ1) is 5.70. The van der Waals surface area contributed by atoms with Crippen molar-refractivity contribution in [2.24, 2.45) is 0 Å². The fraction of sp³-hybridized carbons (Fsp3) is 0.300. The number of ketones is 1. The molecule has 1 aliphatic rings. The third-order valence-corrected chi connectivity index (χ3v) is 2.28. The molecule has 1 aromatic heterocycles. The van der Waals surface area contributed by atoms with Crippen LogP contribution in [0.4, 0.5) is 0 Å². The number of carbonyl (C=O) groups excluding carboxylic acids is 1. The number of allylic oxidation sites excluding steroid dienone is 2. The van der Waals surface area contributed by atoms with E-state index in [0.29, 0.717) is 5.76 Å². The molecule has 0 unspecified atom stereocenters. The number of aryl methyl sites for hydroxylation is 1. The molecule has 0 saturated carbocycles. The second-order valence-corrected chi connectivity index (χ2v) is 3.15. The number of hydrogen-bond acceptors (Lipinski definition) is 2. The first-order valence-corrected chi connectivity index (χ1v) is 3.98. The van der Waals surface area contributed by atoms with Gasteiger partial charge in [-0.3, -0.25) is 4.79 Å². The van der Waals surface area contributed by atoms with Gasteiger partial charge in [-0.05, 0) is 31.4 Å². The van der Waals surface area contributed by atoms with Gasteiger partial charge in [-0.1, -0.05) is 6.08 Å². The quantitative estimate of drug-likeness (QED) is 0.585. The second kappa shape index (κ2) is 2.34. The average Bonchev–Trinajstić information content (AvgIpc) is 2.41. The number of rotatable bonds is 0. The molecule has 1 aliphatic carbocycles. The smallest absolute Gasteiger partial charge is 0.223 e. The van der Waals surface area contributed by atoms with E-state index in [1.54, 1.807) is 6.26 Å². The van der Waals surface area contributed by atoms with E-state index in [1.807, 2.05) is 19.9 Å². The molecule has 0 fully saturated rings. The highest BCUT2D eigenvalue weighted by atomic mass is 16.3. The molecule has 0 aromatic carbocycles. The van der Waals surface area contributed by atoms with E-state index < -0.39 is 0 Å². The van der Waals surface area contributed by atoms with E-state index in [-0.39, 0.29) is 5.78 Å². The number of hydrogen-bond donors (Lipinski definition) is 0. The minimum absolute atomic E-state index is 0.0318. The fourth-order valence-electron chi connectivity index (χ4n) is 1.44. The van der Waals surface area contributed by atoms with Crippen LogP contribution in [-0.2, 0) is 6.42 Å². The van der Waals surface area contributed by atoms with Crippen molar-refractivity contribution in [3.8, 4) is 0 Å². The van der Waals surface area contributed by atoms with Gasteiger partial charge in [-0.2, -0.15) is 0 Å². The van der Waals surface area contributed by atoms with Gasteiger partial charge in [0.25, 0.3) is 0 Å². The molecule has 2 nitrogen and oxygen atoms in total. The minimum Gasteiger partial charge on any atom is -0.460 e. The molecule has 0 radical (unpaired) electrons. The van der Waals surface area contributed by atoms with Gasteiger partial charge < -0.3 is 4.42 Å². The predicted molar refractivity (Wildman–Crippen MR) is 45.2 cm³/mol. The Kier molecular flexibility index (Phi) is 1.43. The number of fused-ring (bicyclic) bond motifs is 1. The van der Waals surface area contributed by atoms with E-state index >= 15 is 0 Å². The molecular formula is C10H10O2. The lowest BCUT2D eigenvalue weighted by atomic mass is 9.96. The number of carbonyl (C=O) groups is 1. The molecular weight excluding hydrogens is 152 g/mol. The van der Waals surface area contributed by atoms with Crippen LogP contribution in [-0.4, -0.2) is 5.78 Å². The Bertz CT molecular complexity index is 369. The highest BCUT2D eigenvalue weighted by Crippen LogP contribution is 2.24. The van der Waals surface area contributed by atoms with Crippen LogP contribution in [0.5, 0.6) is 0 Å². The number of furan rings is 1. The van der Waals surface area contributed by atoms with Crippen molar-refractivity contribution in [3.05, 3.63) is 34.8 Å². The first kappa shape index (κ1) is 7.35. The van der Waals surface area contributed by atoms with Crippen molar-refractivity contribution in [1.29, 1.82) is 0 Å². The average molecular weight is 162 g/mol. The zero-order chi connectivity index (χ0) is 8.72. The maximum atomic E-state index is 11.5. The van der Waals surface area contributed by atoms with Crippen LogP contribution in [0.3, 0.4) is 0 Å². The van der Waals surface area contributed by atoms with Gasteiger partial charge in [0.2, 0.25) is 5.78 Å². The summed E-state index contributed by atoms with van der Waals surface area (Å²) in [5, 5.41) is 0. The Morgan fingerprint density at radius 3 is 2.92 bits per heavy atom. The van der Waals surface area contributed by atoms with Crippen molar-refractivity contribution in [1.82, 2.24) is 0 Å². The Hall–Kier alpha value is -1.31. The molecule has 0 atom stereocenters. The largest absolute Gasteiger partial charge is 0.460 e. The summed E-state index contributed by atoms with van der Waals surface area (Å²) in [5.74, 6) is 0.567. The molecule has 1 heterocycles. The summed E-state index contributed by atoms with van der Waals surface area (Å²) in [5.41, 5.74) is 2.91. The highest BCUT2D eigenvalue weighted by molar-refractivity contribution is 6.08. The maximum absolute atomic E-state index is 11.5. The summed E-state index contributed by atoms with van der Waals surface area (Å²) in [6.45, 7) is 3.78. The molecule has 1 aromatic rings. The normalized spacial score (nSPS) is 15.8. The monoisotopic (exact) mass is 162 g/mol. The topological polar surface area (TPSA) is 30.2 Å². The van der Waals surface area contributed by atoms with E-state index in [1.165, 1.54) is 0 Å². The molecule has 2 heteroatoms. The highest BCUT2D eigenvalue weighted by Gasteiger charge is 2.22. The van der Waals surface area contributed by atoms with Gasteiger partial charge in [0, 0.05) is 5.56 Å². The van der Waals surface area contributed by atoms with Crippen LogP contribution in [0.2, 0.25) is 0 Å². The van der Waals surface area contributed by atoms with Crippen molar-refractivity contribution in [3.63, 3.8) is 0 Å². The third kappa shape index (κ3) is 0.843. The molecule has 0 N–H and O–H groups in total. The Morgan fingerprint density at radius 1 is 1.42 bits per heavy atom. The van der Waals surface area contributed by atoms with Gasteiger partial charge in [0.1, 0.15) is 0 Å². The molecule has 0 saturated heterocycles. The lowest BCUT2D eigenvalue weighted by Crippen LogP contribution is -2.08. The van der Waals surface area contributed by atoms with E-state index in [0.717, 1.165) is 23.1 Å². The first-order valence-electron chi connectivity index (χ1n) is 3.98. The van der Waals surface area contributed by atoms with Crippen LogP contribution in [0.1, 0.15) is 28.6 Å². The van der Waals surface area contributed by atoms with Crippen molar-refractivity contribution in [2.45, 2.75) is 20.3 Å². The van der Waals surface area contributed by atoms with Gasteiger partial charge in [-0.15, -0.1) is 0 Å². The molecule has 0 aliphatic heterocycles. The maximum Gasteiger partial charge on any atom is 0.223 e. The summed E-state index contributed by atoms with van der Waals surface area (Å²) in [6, 6.07) is 0. The van der Waals surface area contributed by atoms with Gasteiger partial charge >= 0.3 is 0 Å². The SMILES string of the molecule is CC1=CCc2c(C)coc2C1=O. The van der Waals surface area contributed by atoms with E-state index in [4.69, 9.17) is 4.42 Å². The van der Waals surface area contributed by atoms with E-state index in [9.17, 15) is 4.79 Å². The van der Waals surface area contributed by atoms with Crippen molar-refractivity contribution >= 4 is 5.78 Å². The Labute approximate surface area is 70.9 Å². The summed E-state index contributed by atoms with van der Waals surface area (Å²) in [6.07, 6.45) is 4.43.